The van der Waals surface area contributed by atoms with Crippen molar-refractivity contribution in [3.63, 3.8) is 0 Å². The van der Waals surface area contributed by atoms with E-state index in [0.717, 1.165) is 32.4 Å². The lowest BCUT2D eigenvalue weighted by atomic mass is 9.71. The summed E-state index contributed by atoms with van der Waals surface area (Å²) >= 11 is 0. The minimum atomic E-state index is 0.176. The molecular weight excluding hydrogens is 202 g/mol. The van der Waals surface area contributed by atoms with Gasteiger partial charge in [0.15, 0.2) is 0 Å². The average molecular weight is 227 g/mol. The van der Waals surface area contributed by atoms with Gasteiger partial charge in [-0.05, 0) is 24.8 Å². The first-order valence-corrected chi connectivity index (χ1v) is 6.34. The van der Waals surface area contributed by atoms with Gasteiger partial charge in [0.1, 0.15) is 5.78 Å². The van der Waals surface area contributed by atoms with Gasteiger partial charge in [-0.1, -0.05) is 20.8 Å². The second-order valence-corrected chi connectivity index (χ2v) is 5.65. The first kappa shape index (κ1) is 13.7. The Morgan fingerprint density at radius 2 is 2.19 bits per heavy atom. The lowest BCUT2D eigenvalue weighted by Crippen LogP contribution is -2.39. The molecule has 0 radical (unpaired) electrons. The molecule has 0 aromatic heterocycles. The smallest absolute Gasteiger partial charge is 0.137 e. The lowest BCUT2D eigenvalue weighted by Gasteiger charge is -2.36. The Morgan fingerprint density at radius 1 is 1.50 bits per heavy atom. The average Bonchev–Trinajstić information content (AvgIpc) is 2.22. The van der Waals surface area contributed by atoms with Crippen molar-refractivity contribution < 1.29 is 9.90 Å². The van der Waals surface area contributed by atoms with Crippen LogP contribution in [0.15, 0.2) is 0 Å². The fraction of sp³-hybridized carbons (Fsp3) is 0.923. The van der Waals surface area contributed by atoms with Gasteiger partial charge in [-0.2, -0.15) is 0 Å². The van der Waals surface area contributed by atoms with Crippen LogP contribution in [0.25, 0.3) is 0 Å². The number of rotatable bonds is 5. The largest absolute Gasteiger partial charge is 0.395 e. The van der Waals surface area contributed by atoms with Crippen LogP contribution in [0.5, 0.6) is 0 Å². The minimum Gasteiger partial charge on any atom is -0.395 e. The van der Waals surface area contributed by atoms with Crippen LogP contribution in [-0.4, -0.2) is 42.0 Å². The summed E-state index contributed by atoms with van der Waals surface area (Å²) in [6, 6.07) is 0. The summed E-state index contributed by atoms with van der Waals surface area (Å²) in [5, 5.41) is 8.94. The molecule has 1 N–H and O–H groups in total. The number of ketones is 1. The SMILES string of the molecule is CCN(CCO)CC1CC(C)(C)CCC1=O. The van der Waals surface area contributed by atoms with E-state index < -0.39 is 0 Å². The highest BCUT2D eigenvalue weighted by Crippen LogP contribution is 2.36. The standard InChI is InChI=1S/C13H25NO2/c1-4-14(7-8-15)10-11-9-13(2,3)6-5-12(11)16/h11,15H,4-10H2,1-3H3. The van der Waals surface area contributed by atoms with E-state index in [0.29, 0.717) is 17.7 Å². The van der Waals surface area contributed by atoms with Crippen LogP contribution in [0.3, 0.4) is 0 Å². The fourth-order valence-electron chi connectivity index (χ4n) is 2.55. The first-order chi connectivity index (χ1) is 7.48. The molecule has 1 saturated carbocycles. The van der Waals surface area contributed by atoms with Gasteiger partial charge in [-0.25, -0.2) is 0 Å². The van der Waals surface area contributed by atoms with Crippen molar-refractivity contribution in [1.29, 1.82) is 0 Å². The van der Waals surface area contributed by atoms with E-state index in [1.54, 1.807) is 0 Å². The van der Waals surface area contributed by atoms with Gasteiger partial charge in [-0.15, -0.1) is 0 Å². The summed E-state index contributed by atoms with van der Waals surface area (Å²) in [4.78, 5) is 14.0. The summed E-state index contributed by atoms with van der Waals surface area (Å²) in [6.07, 6.45) is 2.75. The number of Topliss-reactive ketones (excluding diaryl/α,β-unsaturated/α-hetero) is 1. The number of carbonyl (C=O) groups is 1. The zero-order valence-corrected chi connectivity index (χ0v) is 10.8. The number of hydrogen-bond donors (Lipinski definition) is 1. The van der Waals surface area contributed by atoms with Crippen molar-refractivity contribution >= 4 is 5.78 Å². The van der Waals surface area contributed by atoms with Crippen LogP contribution in [0.4, 0.5) is 0 Å². The summed E-state index contributed by atoms with van der Waals surface area (Å²) < 4.78 is 0. The molecule has 0 bridgehead atoms. The molecule has 1 unspecified atom stereocenters. The Labute approximate surface area is 98.8 Å². The van der Waals surface area contributed by atoms with Crippen molar-refractivity contribution in [2.45, 2.75) is 40.0 Å². The highest BCUT2D eigenvalue weighted by Gasteiger charge is 2.34. The maximum absolute atomic E-state index is 11.8. The molecule has 0 aromatic rings. The van der Waals surface area contributed by atoms with Crippen molar-refractivity contribution in [3.05, 3.63) is 0 Å². The molecule has 3 nitrogen and oxygen atoms in total. The van der Waals surface area contributed by atoms with Gasteiger partial charge in [0.05, 0.1) is 6.61 Å². The molecule has 0 heterocycles. The van der Waals surface area contributed by atoms with Gasteiger partial charge >= 0.3 is 0 Å². The topological polar surface area (TPSA) is 40.5 Å². The van der Waals surface area contributed by atoms with Gasteiger partial charge in [0, 0.05) is 25.4 Å². The molecule has 94 valence electrons. The Kier molecular flexibility index (Phi) is 4.93. The van der Waals surface area contributed by atoms with E-state index in [2.05, 4.69) is 25.7 Å². The third kappa shape index (κ3) is 3.87. The molecule has 1 aliphatic rings. The Hall–Kier alpha value is -0.410. The monoisotopic (exact) mass is 227 g/mol. The van der Waals surface area contributed by atoms with E-state index in [1.807, 2.05) is 0 Å². The van der Waals surface area contributed by atoms with Crippen molar-refractivity contribution in [2.75, 3.05) is 26.2 Å². The highest BCUT2D eigenvalue weighted by atomic mass is 16.3. The molecule has 0 amide bonds. The molecule has 3 heteroatoms. The Balaban J connectivity index is 2.53. The summed E-state index contributed by atoms with van der Waals surface area (Å²) in [7, 11) is 0. The molecule has 16 heavy (non-hydrogen) atoms. The maximum Gasteiger partial charge on any atom is 0.137 e. The molecule has 0 aliphatic heterocycles. The van der Waals surface area contributed by atoms with Crippen molar-refractivity contribution in [1.82, 2.24) is 4.90 Å². The van der Waals surface area contributed by atoms with E-state index in [9.17, 15) is 4.79 Å². The van der Waals surface area contributed by atoms with Crippen LogP contribution >= 0.6 is 0 Å². The van der Waals surface area contributed by atoms with Gasteiger partial charge in [0.2, 0.25) is 0 Å². The number of carbonyl (C=O) groups excluding carboxylic acids is 1. The summed E-state index contributed by atoms with van der Waals surface area (Å²) in [5.41, 5.74) is 0.303. The lowest BCUT2D eigenvalue weighted by molar-refractivity contribution is -0.127. The van der Waals surface area contributed by atoms with Crippen LogP contribution in [0.2, 0.25) is 0 Å². The number of aliphatic hydroxyl groups is 1. The van der Waals surface area contributed by atoms with Gasteiger partial charge in [0.25, 0.3) is 0 Å². The van der Waals surface area contributed by atoms with Gasteiger partial charge < -0.3 is 10.0 Å². The molecule has 1 aliphatic carbocycles. The van der Waals surface area contributed by atoms with E-state index in [-0.39, 0.29) is 12.5 Å². The van der Waals surface area contributed by atoms with Crippen LogP contribution in [0.1, 0.15) is 40.0 Å². The predicted octanol–water partition coefficient (Wildman–Crippen LogP) is 1.70. The number of likely N-dealkylation sites (N-methyl/N-ethyl adjacent to an activating group) is 1. The van der Waals surface area contributed by atoms with E-state index >= 15 is 0 Å². The van der Waals surface area contributed by atoms with Crippen LogP contribution in [-0.2, 0) is 4.79 Å². The zero-order chi connectivity index (χ0) is 12.2. The number of hydrogen-bond acceptors (Lipinski definition) is 3. The minimum absolute atomic E-state index is 0.176. The second kappa shape index (κ2) is 5.78. The third-order valence-corrected chi connectivity index (χ3v) is 3.64. The van der Waals surface area contributed by atoms with E-state index in [4.69, 9.17) is 5.11 Å². The second-order valence-electron chi connectivity index (χ2n) is 5.65. The van der Waals surface area contributed by atoms with Crippen LogP contribution in [0, 0.1) is 11.3 Å². The van der Waals surface area contributed by atoms with Crippen molar-refractivity contribution in [2.24, 2.45) is 11.3 Å². The summed E-state index contributed by atoms with van der Waals surface area (Å²) in [6.45, 7) is 9.15. The fourth-order valence-corrected chi connectivity index (χ4v) is 2.55. The predicted molar refractivity (Wildman–Crippen MR) is 65.3 cm³/mol. The third-order valence-electron chi connectivity index (χ3n) is 3.64. The van der Waals surface area contributed by atoms with Crippen molar-refractivity contribution in [3.8, 4) is 0 Å². The molecule has 1 fully saturated rings. The maximum atomic E-state index is 11.8. The summed E-state index contributed by atoms with van der Waals surface area (Å²) in [5.74, 6) is 0.589. The zero-order valence-electron chi connectivity index (χ0n) is 10.8. The quantitative estimate of drug-likeness (QED) is 0.777. The molecule has 0 aromatic carbocycles. The molecule has 0 saturated heterocycles. The number of nitrogens with zero attached hydrogens (tertiary/aromatic N) is 1. The highest BCUT2D eigenvalue weighted by molar-refractivity contribution is 5.82. The van der Waals surface area contributed by atoms with Crippen LogP contribution < -0.4 is 0 Å². The molecule has 0 spiro atoms. The first-order valence-electron chi connectivity index (χ1n) is 6.34. The Bertz CT molecular complexity index is 238. The normalized spacial score (nSPS) is 25.1. The molecular formula is C13H25NO2. The molecule has 1 rings (SSSR count). The number of aliphatic hydroxyl groups excluding tert-OH is 1. The van der Waals surface area contributed by atoms with E-state index in [1.165, 1.54) is 0 Å². The Morgan fingerprint density at radius 3 is 2.75 bits per heavy atom. The molecule has 1 atom stereocenters. The van der Waals surface area contributed by atoms with Gasteiger partial charge in [-0.3, -0.25) is 4.79 Å².